The number of benzene rings is 1. The largest absolute Gasteiger partial charge is 0.481 e. The molecule has 2 amide bonds. The first-order valence-electron chi connectivity index (χ1n) is 17.0. The topological polar surface area (TPSA) is 116 Å². The van der Waals surface area contributed by atoms with Gasteiger partial charge in [0.2, 0.25) is 5.60 Å². The maximum absolute atomic E-state index is 14.4. The van der Waals surface area contributed by atoms with Gasteiger partial charge in [0.15, 0.2) is 0 Å². The molecule has 1 saturated heterocycles. The predicted octanol–water partition coefficient (Wildman–Crippen LogP) is 4.86. The maximum Gasteiger partial charge on any atom is 0.481 e. The molecule has 5 aliphatic rings. The van der Waals surface area contributed by atoms with Gasteiger partial charge in [-0.2, -0.15) is 0 Å². The summed E-state index contributed by atoms with van der Waals surface area (Å²) in [5.41, 5.74) is 1.40. The molecule has 2 aliphatic heterocycles. The zero-order chi connectivity index (χ0) is 33.1. The van der Waals surface area contributed by atoms with Crippen LogP contribution in [-0.2, 0) is 32.4 Å². The SMILES string of the molecule is CC(C)C[C@H](NC(=O)C1(Cc2ccccc2)CC(CNC(=O)c2ccnc3c2ccn3C)=NO1)B1O[C@@H]2C[C@@H]3C[C@@H](C3(C)C)[C@]2(C)O1. The minimum Gasteiger partial charge on any atom is -0.404 e. The number of hydrogen-bond donors (Lipinski definition) is 2. The number of rotatable bonds is 10. The second kappa shape index (κ2) is 11.8. The molecule has 2 bridgehead atoms. The molecule has 4 fully saturated rings. The van der Waals surface area contributed by atoms with Crippen molar-refractivity contribution in [3.8, 4) is 0 Å². The summed E-state index contributed by atoms with van der Waals surface area (Å²) in [7, 11) is 1.35. The summed E-state index contributed by atoms with van der Waals surface area (Å²) in [4.78, 5) is 38.2. The fourth-order valence-electron chi connectivity index (χ4n) is 8.62. The van der Waals surface area contributed by atoms with Crippen LogP contribution in [0.5, 0.6) is 0 Å². The van der Waals surface area contributed by atoms with Gasteiger partial charge < -0.3 is 29.3 Å². The van der Waals surface area contributed by atoms with Gasteiger partial charge in [-0.25, -0.2) is 4.98 Å². The Labute approximate surface area is 277 Å². The van der Waals surface area contributed by atoms with Gasteiger partial charge in [-0.3, -0.25) is 9.59 Å². The molecule has 1 aromatic carbocycles. The van der Waals surface area contributed by atoms with Gasteiger partial charge in [0.25, 0.3) is 11.8 Å². The first kappa shape index (κ1) is 31.9. The highest BCUT2D eigenvalue weighted by atomic mass is 16.7. The van der Waals surface area contributed by atoms with E-state index in [9.17, 15) is 9.59 Å². The molecule has 4 heterocycles. The van der Waals surface area contributed by atoms with Crippen molar-refractivity contribution in [2.24, 2.45) is 35.4 Å². The van der Waals surface area contributed by atoms with Gasteiger partial charge in [0.05, 0.1) is 35.5 Å². The minimum absolute atomic E-state index is 0.0212. The number of pyridine rings is 1. The van der Waals surface area contributed by atoms with Gasteiger partial charge in [-0.15, -0.1) is 0 Å². The molecule has 1 unspecified atom stereocenters. The van der Waals surface area contributed by atoms with Crippen LogP contribution in [0.25, 0.3) is 11.0 Å². The summed E-state index contributed by atoms with van der Waals surface area (Å²) in [6, 6.07) is 13.4. The fourth-order valence-corrected chi connectivity index (χ4v) is 8.62. The molecule has 248 valence electrons. The quantitative estimate of drug-likeness (QED) is 0.306. The molecule has 2 N–H and O–H groups in total. The third kappa shape index (κ3) is 5.55. The maximum atomic E-state index is 14.4. The molecule has 3 aromatic rings. The van der Waals surface area contributed by atoms with Gasteiger partial charge in [-0.05, 0) is 67.1 Å². The van der Waals surface area contributed by atoms with Crippen LogP contribution in [0.2, 0.25) is 0 Å². The predicted molar refractivity (Wildman–Crippen MR) is 181 cm³/mol. The molecular weight excluding hydrogens is 593 g/mol. The Bertz CT molecular complexity index is 1710. The number of fused-ring (bicyclic) bond motifs is 1. The van der Waals surface area contributed by atoms with E-state index >= 15 is 0 Å². The van der Waals surface area contributed by atoms with Crippen LogP contribution in [0.15, 0.2) is 60.0 Å². The third-order valence-electron chi connectivity index (χ3n) is 11.4. The Hall–Kier alpha value is -3.70. The summed E-state index contributed by atoms with van der Waals surface area (Å²) in [5, 5.41) is 11.4. The van der Waals surface area contributed by atoms with Crippen LogP contribution in [0, 0.1) is 23.2 Å². The van der Waals surface area contributed by atoms with Crippen molar-refractivity contribution in [2.75, 3.05) is 6.54 Å². The highest BCUT2D eigenvalue weighted by Crippen LogP contribution is 2.65. The van der Waals surface area contributed by atoms with Crippen molar-refractivity contribution in [1.82, 2.24) is 20.2 Å². The standard InChI is InChI=1S/C36H46BN5O5/c1-22(2)16-30(37-45-29-18-24-17-28(34(24,3)4)35(29,5)46-37)40-33(44)36(19-23-10-8-7-9-11-23)20-25(41-47-36)21-39-32(43)27-12-14-38-31-26(27)13-15-42(31)6/h7-15,22,24,28-30H,16-21H2,1-6H3,(H,39,43)(H,40,44)/t24-,28-,29+,30-,35-,36?/m0/s1. The number of aryl methyl sites for hydroxylation is 1. The zero-order valence-corrected chi connectivity index (χ0v) is 28.3. The fraction of sp³-hybridized carbons (Fsp3) is 0.556. The average molecular weight is 640 g/mol. The summed E-state index contributed by atoms with van der Waals surface area (Å²) in [6.07, 6.45) is 6.95. The molecule has 0 radical (unpaired) electrons. The van der Waals surface area contributed by atoms with Crippen molar-refractivity contribution in [3.63, 3.8) is 0 Å². The van der Waals surface area contributed by atoms with E-state index in [4.69, 9.17) is 14.1 Å². The third-order valence-corrected chi connectivity index (χ3v) is 11.4. The molecule has 11 heteroatoms. The van der Waals surface area contributed by atoms with Crippen molar-refractivity contribution < 1.29 is 23.7 Å². The van der Waals surface area contributed by atoms with Crippen molar-refractivity contribution in [2.45, 2.75) is 90.0 Å². The highest BCUT2D eigenvalue weighted by Gasteiger charge is 2.68. The molecule has 2 aromatic heterocycles. The van der Waals surface area contributed by atoms with E-state index in [2.05, 4.69) is 55.4 Å². The molecule has 10 nitrogen and oxygen atoms in total. The van der Waals surface area contributed by atoms with E-state index < -0.39 is 12.7 Å². The molecule has 0 spiro atoms. The van der Waals surface area contributed by atoms with E-state index in [0.29, 0.717) is 41.9 Å². The molecular formula is C36H46BN5O5. The summed E-state index contributed by atoms with van der Waals surface area (Å²) in [6.45, 7) is 11.3. The van der Waals surface area contributed by atoms with E-state index in [1.54, 1.807) is 12.3 Å². The zero-order valence-electron chi connectivity index (χ0n) is 28.3. The lowest BCUT2D eigenvalue weighted by Crippen LogP contribution is -2.65. The Balaban J connectivity index is 1.08. The lowest BCUT2D eigenvalue weighted by Gasteiger charge is -2.64. The normalized spacial score (nSPS) is 29.6. The number of carbonyl (C=O) groups excluding carboxylic acids is 2. The smallest absolute Gasteiger partial charge is 0.404 e. The summed E-state index contributed by atoms with van der Waals surface area (Å²) >= 11 is 0. The first-order chi connectivity index (χ1) is 22.4. The van der Waals surface area contributed by atoms with Crippen molar-refractivity contribution in [1.29, 1.82) is 0 Å². The second-order valence-corrected chi connectivity index (χ2v) is 15.3. The number of oxime groups is 1. The van der Waals surface area contributed by atoms with Crippen LogP contribution in [0.3, 0.4) is 0 Å². The van der Waals surface area contributed by atoms with E-state index in [0.717, 1.165) is 23.0 Å². The molecule has 3 aliphatic carbocycles. The van der Waals surface area contributed by atoms with E-state index in [1.165, 1.54) is 6.42 Å². The monoisotopic (exact) mass is 639 g/mol. The lowest BCUT2D eigenvalue weighted by molar-refractivity contribution is -0.199. The molecule has 6 atom stereocenters. The van der Waals surface area contributed by atoms with E-state index in [1.807, 2.05) is 54.2 Å². The average Bonchev–Trinajstić information content (AvgIpc) is 3.74. The van der Waals surface area contributed by atoms with Gasteiger partial charge in [0, 0.05) is 37.7 Å². The van der Waals surface area contributed by atoms with Crippen molar-refractivity contribution in [3.05, 3.63) is 66.0 Å². The van der Waals surface area contributed by atoms with Crippen LogP contribution >= 0.6 is 0 Å². The summed E-state index contributed by atoms with van der Waals surface area (Å²) in [5.74, 6) is 0.520. The molecule has 3 saturated carbocycles. The Kier molecular flexibility index (Phi) is 7.98. The van der Waals surface area contributed by atoms with Gasteiger partial charge in [0.1, 0.15) is 5.65 Å². The van der Waals surface area contributed by atoms with Crippen LogP contribution in [0.1, 0.15) is 76.2 Å². The van der Waals surface area contributed by atoms with Crippen LogP contribution < -0.4 is 10.6 Å². The number of nitrogens with one attached hydrogen (secondary N) is 2. The second-order valence-electron chi connectivity index (χ2n) is 15.3. The minimum atomic E-state index is -1.28. The van der Waals surface area contributed by atoms with Gasteiger partial charge in [-0.1, -0.05) is 63.2 Å². The van der Waals surface area contributed by atoms with Crippen LogP contribution in [-0.4, -0.2) is 64.0 Å². The van der Waals surface area contributed by atoms with E-state index in [-0.39, 0.29) is 47.8 Å². The number of hydrogen-bond acceptors (Lipinski definition) is 7. The first-order valence-corrected chi connectivity index (χ1v) is 17.0. The van der Waals surface area contributed by atoms with Crippen LogP contribution in [0.4, 0.5) is 0 Å². The Morgan fingerprint density at radius 3 is 2.64 bits per heavy atom. The Morgan fingerprint density at radius 2 is 1.89 bits per heavy atom. The van der Waals surface area contributed by atoms with Gasteiger partial charge >= 0.3 is 7.12 Å². The molecule has 47 heavy (non-hydrogen) atoms. The highest BCUT2D eigenvalue weighted by molar-refractivity contribution is 6.48. The number of carbonyl (C=O) groups is 2. The lowest BCUT2D eigenvalue weighted by atomic mass is 9.43. The summed E-state index contributed by atoms with van der Waals surface area (Å²) < 4.78 is 15.3. The van der Waals surface area contributed by atoms with Crippen molar-refractivity contribution >= 4 is 35.7 Å². The number of nitrogens with zero attached hydrogens (tertiary/aromatic N) is 3. The number of amides is 2. The number of aromatic nitrogens is 2. The Morgan fingerprint density at radius 1 is 1.11 bits per heavy atom. The molecule has 8 rings (SSSR count).